The Morgan fingerprint density at radius 1 is 1.11 bits per heavy atom. The van der Waals surface area contributed by atoms with Crippen molar-refractivity contribution in [2.24, 2.45) is 11.1 Å². The van der Waals surface area contributed by atoms with Crippen molar-refractivity contribution in [3.05, 3.63) is 0 Å². The van der Waals surface area contributed by atoms with Crippen LogP contribution in [0.4, 0.5) is 13.2 Å². The molecule has 112 valence electrons. The van der Waals surface area contributed by atoms with Gasteiger partial charge in [-0.1, -0.05) is 26.1 Å². The van der Waals surface area contributed by atoms with Gasteiger partial charge >= 0.3 is 6.18 Å². The van der Waals surface area contributed by atoms with Gasteiger partial charge in [-0.2, -0.15) is 13.2 Å². The number of piperazine rings is 1. The SMILES string of the molecule is CC(C)(CCN1CCN(CC(F)(F)F)CC1)C(N)=S. The number of thiocarbonyl (C=S) groups is 1. The fourth-order valence-corrected chi connectivity index (χ4v) is 2.09. The van der Waals surface area contributed by atoms with Crippen molar-refractivity contribution < 1.29 is 13.2 Å². The van der Waals surface area contributed by atoms with E-state index in [1.165, 1.54) is 4.90 Å². The van der Waals surface area contributed by atoms with Gasteiger partial charge in [0.25, 0.3) is 0 Å². The molecule has 1 saturated heterocycles. The van der Waals surface area contributed by atoms with Crippen molar-refractivity contribution in [1.29, 1.82) is 0 Å². The highest BCUT2D eigenvalue weighted by molar-refractivity contribution is 7.80. The molecule has 0 aromatic carbocycles. The highest BCUT2D eigenvalue weighted by Gasteiger charge is 2.32. The van der Waals surface area contributed by atoms with Crippen LogP contribution in [0.3, 0.4) is 0 Å². The summed E-state index contributed by atoms with van der Waals surface area (Å²) in [7, 11) is 0. The Hall–Kier alpha value is -0.400. The van der Waals surface area contributed by atoms with Gasteiger partial charge in [-0.15, -0.1) is 0 Å². The lowest BCUT2D eigenvalue weighted by atomic mass is 9.89. The number of nitrogens with two attached hydrogens (primary N) is 1. The monoisotopic (exact) mass is 297 g/mol. The lowest BCUT2D eigenvalue weighted by Crippen LogP contribution is -2.50. The summed E-state index contributed by atoms with van der Waals surface area (Å²) in [4.78, 5) is 4.12. The summed E-state index contributed by atoms with van der Waals surface area (Å²) in [5.41, 5.74) is 5.46. The Balaban J connectivity index is 2.29. The number of nitrogens with zero attached hydrogens (tertiary/aromatic N) is 2. The first kappa shape index (κ1) is 16.7. The first-order valence-electron chi connectivity index (χ1n) is 6.41. The highest BCUT2D eigenvalue weighted by Crippen LogP contribution is 2.22. The number of rotatable bonds is 5. The molecule has 0 unspecified atom stereocenters. The molecule has 3 nitrogen and oxygen atoms in total. The largest absolute Gasteiger partial charge is 0.401 e. The quantitative estimate of drug-likeness (QED) is 0.785. The van der Waals surface area contributed by atoms with Crippen LogP contribution in [0.25, 0.3) is 0 Å². The molecule has 0 spiro atoms. The Labute approximate surface area is 117 Å². The zero-order valence-electron chi connectivity index (χ0n) is 11.5. The Morgan fingerprint density at radius 2 is 1.58 bits per heavy atom. The molecule has 7 heteroatoms. The molecule has 0 atom stereocenters. The third-order valence-electron chi connectivity index (χ3n) is 3.59. The minimum absolute atomic E-state index is 0.196. The van der Waals surface area contributed by atoms with Crippen LogP contribution in [0.2, 0.25) is 0 Å². The van der Waals surface area contributed by atoms with Crippen molar-refractivity contribution in [2.75, 3.05) is 39.3 Å². The summed E-state index contributed by atoms with van der Waals surface area (Å²) in [6.07, 6.45) is -3.27. The predicted molar refractivity (Wildman–Crippen MR) is 74.1 cm³/mol. The normalized spacial score (nSPS) is 19.6. The lowest BCUT2D eigenvalue weighted by Gasteiger charge is -2.36. The molecule has 1 aliphatic rings. The minimum Gasteiger partial charge on any atom is -0.393 e. The minimum atomic E-state index is -4.10. The van der Waals surface area contributed by atoms with Crippen LogP contribution in [0.15, 0.2) is 0 Å². The summed E-state index contributed by atoms with van der Waals surface area (Å²) < 4.78 is 36.7. The van der Waals surface area contributed by atoms with Gasteiger partial charge in [0.1, 0.15) is 0 Å². The topological polar surface area (TPSA) is 32.5 Å². The molecule has 19 heavy (non-hydrogen) atoms. The molecule has 0 bridgehead atoms. The van der Waals surface area contributed by atoms with E-state index >= 15 is 0 Å². The van der Waals surface area contributed by atoms with Crippen LogP contribution >= 0.6 is 12.2 Å². The van der Waals surface area contributed by atoms with Crippen molar-refractivity contribution in [1.82, 2.24) is 9.80 Å². The van der Waals surface area contributed by atoms with Gasteiger partial charge in [0.05, 0.1) is 11.5 Å². The van der Waals surface area contributed by atoms with Crippen LogP contribution in [0.1, 0.15) is 20.3 Å². The average Bonchev–Trinajstić information content (AvgIpc) is 2.26. The molecule has 1 aliphatic heterocycles. The van der Waals surface area contributed by atoms with E-state index in [0.717, 1.165) is 13.0 Å². The van der Waals surface area contributed by atoms with Gasteiger partial charge < -0.3 is 10.6 Å². The fraction of sp³-hybridized carbons (Fsp3) is 0.917. The lowest BCUT2D eigenvalue weighted by molar-refractivity contribution is -0.149. The second-order valence-corrected chi connectivity index (χ2v) is 6.17. The fourth-order valence-electron chi connectivity index (χ4n) is 1.99. The number of halogens is 3. The molecule has 0 aromatic heterocycles. The van der Waals surface area contributed by atoms with Crippen molar-refractivity contribution in [3.8, 4) is 0 Å². The number of alkyl halides is 3. The first-order valence-corrected chi connectivity index (χ1v) is 6.82. The summed E-state index contributed by atoms with van der Waals surface area (Å²) in [6, 6.07) is 0. The van der Waals surface area contributed by atoms with Crippen molar-refractivity contribution >= 4 is 17.2 Å². The average molecular weight is 297 g/mol. The van der Waals surface area contributed by atoms with Crippen molar-refractivity contribution in [2.45, 2.75) is 26.4 Å². The molecule has 0 aliphatic carbocycles. The predicted octanol–water partition coefficient (Wildman–Crippen LogP) is 1.87. The van der Waals surface area contributed by atoms with Crippen LogP contribution < -0.4 is 5.73 Å². The molecule has 1 rings (SSSR count). The van der Waals surface area contributed by atoms with E-state index in [-0.39, 0.29) is 5.41 Å². The Bertz CT molecular complexity index is 310. The van der Waals surface area contributed by atoms with E-state index in [1.54, 1.807) is 0 Å². The molecular weight excluding hydrogens is 275 g/mol. The summed E-state index contributed by atoms with van der Waals surface area (Å²) >= 11 is 5.00. The zero-order chi connectivity index (χ0) is 14.7. The maximum atomic E-state index is 12.2. The molecule has 1 heterocycles. The van der Waals surface area contributed by atoms with Crippen LogP contribution in [-0.2, 0) is 0 Å². The second-order valence-electron chi connectivity index (χ2n) is 5.73. The molecule has 0 amide bonds. The van der Waals surface area contributed by atoms with E-state index in [2.05, 4.69) is 4.90 Å². The summed E-state index contributed by atoms with van der Waals surface area (Å²) in [6.45, 7) is 6.28. The summed E-state index contributed by atoms with van der Waals surface area (Å²) in [5.74, 6) is 0. The van der Waals surface area contributed by atoms with E-state index in [0.29, 0.717) is 31.2 Å². The molecule has 0 aromatic rings. The number of hydrogen-bond donors (Lipinski definition) is 1. The smallest absolute Gasteiger partial charge is 0.393 e. The van der Waals surface area contributed by atoms with Gasteiger partial charge in [0, 0.05) is 31.6 Å². The summed E-state index contributed by atoms with van der Waals surface area (Å²) in [5, 5.41) is 0. The van der Waals surface area contributed by atoms with Gasteiger partial charge in [0.15, 0.2) is 0 Å². The molecule has 1 fully saturated rings. The van der Waals surface area contributed by atoms with Crippen LogP contribution in [0, 0.1) is 5.41 Å². The van der Waals surface area contributed by atoms with Gasteiger partial charge in [-0.25, -0.2) is 0 Å². The highest BCUT2D eigenvalue weighted by atomic mass is 32.1. The molecular formula is C12H22F3N3S. The van der Waals surface area contributed by atoms with Crippen LogP contribution in [0.5, 0.6) is 0 Å². The number of hydrogen-bond acceptors (Lipinski definition) is 3. The first-order chi connectivity index (χ1) is 8.60. The van der Waals surface area contributed by atoms with E-state index in [4.69, 9.17) is 18.0 Å². The molecule has 0 radical (unpaired) electrons. The Morgan fingerprint density at radius 3 is 2.00 bits per heavy atom. The second kappa shape index (κ2) is 6.37. The van der Waals surface area contributed by atoms with Gasteiger partial charge in [0.2, 0.25) is 0 Å². The van der Waals surface area contributed by atoms with Crippen molar-refractivity contribution in [3.63, 3.8) is 0 Å². The molecule has 0 saturated carbocycles. The molecule has 2 N–H and O–H groups in total. The van der Waals surface area contributed by atoms with Gasteiger partial charge in [-0.05, 0) is 13.0 Å². The van der Waals surface area contributed by atoms with Crippen LogP contribution in [-0.4, -0.2) is 60.2 Å². The third kappa shape index (κ3) is 6.05. The van der Waals surface area contributed by atoms with E-state index < -0.39 is 12.7 Å². The Kier molecular flexibility index (Phi) is 5.58. The zero-order valence-corrected chi connectivity index (χ0v) is 12.3. The standard InChI is InChI=1S/C12H22F3N3S/c1-11(2,10(16)19)3-4-17-5-7-18(8-6-17)9-12(13,14)15/h3-9H2,1-2H3,(H2,16,19). The maximum Gasteiger partial charge on any atom is 0.401 e. The maximum absolute atomic E-state index is 12.2. The third-order valence-corrected chi connectivity index (χ3v) is 4.14. The van der Waals surface area contributed by atoms with Gasteiger partial charge in [-0.3, -0.25) is 4.90 Å². The van der Waals surface area contributed by atoms with E-state index in [9.17, 15) is 13.2 Å². The van der Waals surface area contributed by atoms with E-state index in [1.807, 2.05) is 13.8 Å².